The number of amides is 4. The summed E-state index contributed by atoms with van der Waals surface area (Å²) in [5.41, 5.74) is 1.50. The summed E-state index contributed by atoms with van der Waals surface area (Å²) in [7, 11) is 0. The zero-order valence-corrected chi connectivity index (χ0v) is 13.5. The lowest BCUT2D eigenvalue weighted by Crippen LogP contribution is -2.54. The van der Waals surface area contributed by atoms with Crippen LogP contribution in [0.15, 0.2) is 18.2 Å². The minimum atomic E-state index is -0.902. The summed E-state index contributed by atoms with van der Waals surface area (Å²) in [5, 5.41) is 2.16. The summed E-state index contributed by atoms with van der Waals surface area (Å²) in [4.78, 5) is 48.5. The number of fused-ring (bicyclic) bond motifs is 1. The van der Waals surface area contributed by atoms with E-state index in [1.165, 1.54) is 6.42 Å². The van der Waals surface area contributed by atoms with Crippen molar-refractivity contribution in [2.45, 2.75) is 46.1 Å². The second-order valence-electron chi connectivity index (χ2n) is 5.70. The molecular formula is C17H20N2O4. The zero-order valence-electron chi connectivity index (χ0n) is 13.5. The molecule has 1 unspecified atom stereocenters. The summed E-state index contributed by atoms with van der Waals surface area (Å²) >= 11 is 0. The van der Waals surface area contributed by atoms with Gasteiger partial charge in [0.05, 0.1) is 11.1 Å². The average molecular weight is 316 g/mol. The predicted molar refractivity (Wildman–Crippen MR) is 83.8 cm³/mol. The molecule has 0 aromatic heterocycles. The number of hydrogen-bond acceptors (Lipinski definition) is 4. The van der Waals surface area contributed by atoms with Crippen molar-refractivity contribution in [1.82, 2.24) is 10.2 Å². The van der Waals surface area contributed by atoms with Crippen LogP contribution in [0, 0.1) is 6.92 Å². The number of hydrogen-bond donors (Lipinski definition) is 1. The molecular weight excluding hydrogens is 296 g/mol. The van der Waals surface area contributed by atoms with Gasteiger partial charge < -0.3 is 0 Å². The minimum absolute atomic E-state index is 0.128. The fraction of sp³-hybridized carbons (Fsp3) is 0.412. The Labute approximate surface area is 134 Å². The van der Waals surface area contributed by atoms with E-state index < -0.39 is 23.8 Å². The molecule has 0 bridgehead atoms. The molecule has 6 heteroatoms. The van der Waals surface area contributed by atoms with Crippen LogP contribution in [0.25, 0.3) is 0 Å². The van der Waals surface area contributed by atoms with Crippen molar-refractivity contribution in [3.63, 3.8) is 0 Å². The summed E-state index contributed by atoms with van der Waals surface area (Å²) < 4.78 is 0. The van der Waals surface area contributed by atoms with Crippen LogP contribution < -0.4 is 5.32 Å². The standard InChI is InChI=1S/C14H12N2O4.C3H8/c1-7-2-3-8-9(6-7)14(20)16(13(8)19)10-4-5-11(17)15-12(10)18;1-3-2/h2-3,6,10H,4-5H2,1H3,(H,15,17,18);3H2,1-2H3. The van der Waals surface area contributed by atoms with Gasteiger partial charge in [-0.2, -0.15) is 0 Å². The Morgan fingerprint density at radius 3 is 2.30 bits per heavy atom. The maximum Gasteiger partial charge on any atom is 0.262 e. The SMILES string of the molecule is CCC.Cc1ccc2c(c1)C(=O)N(C1CCC(=O)NC1=O)C2=O. The fourth-order valence-corrected chi connectivity index (χ4v) is 2.58. The van der Waals surface area contributed by atoms with Gasteiger partial charge in [-0.05, 0) is 25.5 Å². The monoisotopic (exact) mass is 316 g/mol. The highest BCUT2D eigenvalue weighted by atomic mass is 16.2. The number of piperidine rings is 1. The molecule has 4 amide bonds. The van der Waals surface area contributed by atoms with Crippen LogP contribution in [0.3, 0.4) is 0 Å². The molecule has 0 spiro atoms. The molecule has 23 heavy (non-hydrogen) atoms. The highest BCUT2D eigenvalue weighted by Crippen LogP contribution is 2.27. The lowest BCUT2D eigenvalue weighted by atomic mass is 10.0. The highest BCUT2D eigenvalue weighted by molar-refractivity contribution is 6.23. The highest BCUT2D eigenvalue weighted by Gasteiger charge is 2.44. The number of nitrogens with one attached hydrogen (secondary N) is 1. The quantitative estimate of drug-likeness (QED) is 0.801. The van der Waals surface area contributed by atoms with Gasteiger partial charge in [-0.3, -0.25) is 29.4 Å². The number of imide groups is 2. The molecule has 6 nitrogen and oxygen atoms in total. The minimum Gasteiger partial charge on any atom is -0.295 e. The number of aryl methyl sites for hydroxylation is 1. The molecule has 122 valence electrons. The lowest BCUT2D eigenvalue weighted by molar-refractivity contribution is -0.136. The van der Waals surface area contributed by atoms with Gasteiger partial charge in [0.1, 0.15) is 6.04 Å². The molecule has 1 fully saturated rings. The van der Waals surface area contributed by atoms with Gasteiger partial charge in [-0.1, -0.05) is 31.9 Å². The molecule has 2 aliphatic rings. The average Bonchev–Trinajstić information content (AvgIpc) is 2.72. The number of nitrogens with zero attached hydrogens (tertiary/aromatic N) is 1. The summed E-state index contributed by atoms with van der Waals surface area (Å²) in [5.74, 6) is -1.91. The van der Waals surface area contributed by atoms with Gasteiger partial charge >= 0.3 is 0 Å². The molecule has 3 rings (SSSR count). The maximum atomic E-state index is 12.3. The van der Waals surface area contributed by atoms with E-state index in [9.17, 15) is 19.2 Å². The second-order valence-corrected chi connectivity index (χ2v) is 5.70. The van der Waals surface area contributed by atoms with E-state index in [1.807, 2.05) is 6.92 Å². The summed E-state index contributed by atoms with van der Waals surface area (Å²) in [6.45, 7) is 6.08. The van der Waals surface area contributed by atoms with Crippen LogP contribution in [-0.2, 0) is 9.59 Å². The molecule has 1 aromatic carbocycles. The molecule has 0 aliphatic carbocycles. The van der Waals surface area contributed by atoms with E-state index in [0.717, 1.165) is 10.5 Å². The fourth-order valence-electron chi connectivity index (χ4n) is 2.58. The Hall–Kier alpha value is -2.50. The van der Waals surface area contributed by atoms with Crippen molar-refractivity contribution in [2.75, 3.05) is 0 Å². The van der Waals surface area contributed by atoms with Crippen molar-refractivity contribution in [3.05, 3.63) is 34.9 Å². The van der Waals surface area contributed by atoms with Crippen LogP contribution in [-0.4, -0.2) is 34.6 Å². The molecule has 0 radical (unpaired) electrons. The Bertz CT molecular complexity index is 681. The molecule has 0 saturated carbocycles. The Morgan fingerprint density at radius 2 is 1.70 bits per heavy atom. The van der Waals surface area contributed by atoms with E-state index in [-0.39, 0.29) is 18.7 Å². The third kappa shape index (κ3) is 3.16. The van der Waals surface area contributed by atoms with E-state index in [1.54, 1.807) is 18.2 Å². The topological polar surface area (TPSA) is 83.6 Å². The first-order valence-corrected chi connectivity index (χ1v) is 7.72. The van der Waals surface area contributed by atoms with Gasteiger partial charge in [-0.15, -0.1) is 0 Å². The Balaban J connectivity index is 0.000000595. The van der Waals surface area contributed by atoms with Gasteiger partial charge in [0, 0.05) is 6.42 Å². The number of benzene rings is 1. The Morgan fingerprint density at radius 1 is 1.09 bits per heavy atom. The van der Waals surface area contributed by atoms with Crippen LogP contribution in [0.1, 0.15) is 59.4 Å². The molecule has 2 aliphatic heterocycles. The van der Waals surface area contributed by atoms with Crippen LogP contribution in [0.4, 0.5) is 0 Å². The van der Waals surface area contributed by atoms with Crippen LogP contribution in [0.2, 0.25) is 0 Å². The summed E-state index contributed by atoms with van der Waals surface area (Å²) in [6, 6.07) is 4.08. The molecule has 2 heterocycles. The van der Waals surface area contributed by atoms with Gasteiger partial charge in [0.15, 0.2) is 0 Å². The number of carbonyl (C=O) groups is 4. The Kier molecular flexibility index (Phi) is 4.93. The third-order valence-electron chi connectivity index (χ3n) is 3.60. The van der Waals surface area contributed by atoms with Crippen molar-refractivity contribution in [1.29, 1.82) is 0 Å². The van der Waals surface area contributed by atoms with Gasteiger partial charge in [-0.25, -0.2) is 0 Å². The first-order valence-electron chi connectivity index (χ1n) is 7.72. The smallest absolute Gasteiger partial charge is 0.262 e. The molecule has 1 N–H and O–H groups in total. The molecule has 1 atom stereocenters. The first-order chi connectivity index (χ1) is 10.9. The predicted octanol–water partition coefficient (Wildman–Crippen LogP) is 1.81. The van der Waals surface area contributed by atoms with Crippen LogP contribution in [0.5, 0.6) is 0 Å². The molecule has 1 aromatic rings. The van der Waals surface area contributed by atoms with Crippen LogP contribution >= 0.6 is 0 Å². The van der Waals surface area contributed by atoms with E-state index >= 15 is 0 Å². The normalized spacial score (nSPS) is 20.0. The van der Waals surface area contributed by atoms with Crippen molar-refractivity contribution < 1.29 is 19.2 Å². The lowest BCUT2D eigenvalue weighted by Gasteiger charge is -2.27. The third-order valence-corrected chi connectivity index (χ3v) is 3.60. The largest absolute Gasteiger partial charge is 0.295 e. The second kappa shape index (κ2) is 6.73. The van der Waals surface area contributed by atoms with E-state index in [0.29, 0.717) is 11.1 Å². The maximum absolute atomic E-state index is 12.3. The van der Waals surface area contributed by atoms with Crippen molar-refractivity contribution in [2.24, 2.45) is 0 Å². The van der Waals surface area contributed by atoms with E-state index in [4.69, 9.17) is 0 Å². The summed E-state index contributed by atoms with van der Waals surface area (Å²) in [6.07, 6.45) is 1.55. The van der Waals surface area contributed by atoms with Gasteiger partial charge in [0.25, 0.3) is 11.8 Å². The number of carbonyl (C=O) groups excluding carboxylic acids is 4. The zero-order chi connectivity index (χ0) is 17.1. The van der Waals surface area contributed by atoms with Crippen molar-refractivity contribution >= 4 is 23.6 Å². The van der Waals surface area contributed by atoms with E-state index in [2.05, 4.69) is 19.2 Å². The first kappa shape index (κ1) is 16.9. The van der Waals surface area contributed by atoms with Gasteiger partial charge in [0.2, 0.25) is 11.8 Å². The number of rotatable bonds is 1. The molecule has 1 saturated heterocycles. The van der Waals surface area contributed by atoms with Crippen molar-refractivity contribution in [3.8, 4) is 0 Å².